The summed E-state index contributed by atoms with van der Waals surface area (Å²) in [5, 5.41) is 5.56. The van der Waals surface area contributed by atoms with E-state index in [1.54, 1.807) is 72.8 Å². The zero-order chi connectivity index (χ0) is 33.0. The molecule has 11 nitrogen and oxygen atoms in total. The molecule has 4 aromatic rings. The summed E-state index contributed by atoms with van der Waals surface area (Å²) in [6.07, 6.45) is 0. The molecule has 4 aromatic carbocycles. The van der Waals surface area contributed by atoms with Crippen LogP contribution in [0.3, 0.4) is 0 Å². The first-order valence-electron chi connectivity index (χ1n) is 14.7. The fraction of sp³-hybridized carbons (Fsp3) is 0.242. The lowest BCUT2D eigenvalue weighted by Crippen LogP contribution is -2.43. The van der Waals surface area contributed by atoms with Gasteiger partial charge in [-0.25, -0.2) is 31.1 Å². The number of carbonyl (C=O) groups excluding carboxylic acids is 1. The number of aryl methyl sites for hydroxylation is 2. The summed E-state index contributed by atoms with van der Waals surface area (Å²) in [6.45, 7) is 5.07. The number of urea groups is 1. The standard InChI is InChI=1S/C33H39N5O6S2/c1-26-8-16-31(17-9-26)45(40,41)35-21-24-38(25-22-36-46(42,43)32-18-10-27(2)11-19-32)23-20-34-33(39)37-28-12-14-30(15-13-28)44-29-6-4-3-5-7-29/h3-19,35-36H,20-25H2,1-2H3,(H2,34,37,39). The highest BCUT2D eigenvalue weighted by atomic mass is 32.2. The molecule has 2 amide bonds. The van der Waals surface area contributed by atoms with Gasteiger partial charge in [-0.3, -0.25) is 4.90 Å². The van der Waals surface area contributed by atoms with Gasteiger partial charge in [-0.05, 0) is 74.5 Å². The van der Waals surface area contributed by atoms with E-state index in [0.29, 0.717) is 23.7 Å². The van der Waals surface area contributed by atoms with Crippen molar-refractivity contribution in [2.45, 2.75) is 23.6 Å². The Kier molecular flexibility index (Phi) is 12.3. The molecule has 46 heavy (non-hydrogen) atoms. The molecule has 0 spiro atoms. The van der Waals surface area contributed by atoms with E-state index in [1.807, 2.05) is 49.1 Å². The first kappa shape index (κ1) is 34.6. The number of carbonyl (C=O) groups is 1. The Hall–Kier alpha value is -4.27. The van der Waals surface area contributed by atoms with E-state index >= 15 is 0 Å². The zero-order valence-corrected chi connectivity index (χ0v) is 27.4. The second-order valence-corrected chi connectivity index (χ2v) is 14.1. The van der Waals surface area contributed by atoms with Gasteiger partial charge in [0.2, 0.25) is 20.0 Å². The molecule has 0 aliphatic rings. The lowest BCUT2D eigenvalue weighted by Gasteiger charge is -2.23. The minimum absolute atomic E-state index is 0.0878. The van der Waals surface area contributed by atoms with Crippen LogP contribution in [0.5, 0.6) is 11.5 Å². The molecular formula is C33H39N5O6S2. The first-order chi connectivity index (χ1) is 22.0. The van der Waals surface area contributed by atoms with Crippen molar-refractivity contribution in [3.63, 3.8) is 0 Å². The molecule has 0 aliphatic carbocycles. The fourth-order valence-electron chi connectivity index (χ4n) is 4.35. The Morgan fingerprint density at radius 1 is 0.609 bits per heavy atom. The summed E-state index contributed by atoms with van der Waals surface area (Å²) in [5.74, 6) is 1.33. The van der Waals surface area contributed by atoms with Crippen LogP contribution in [0.2, 0.25) is 0 Å². The maximum atomic E-state index is 12.7. The molecule has 0 saturated carbocycles. The van der Waals surface area contributed by atoms with Crippen LogP contribution in [0.1, 0.15) is 11.1 Å². The third kappa shape index (κ3) is 11.0. The number of amides is 2. The van der Waals surface area contributed by atoms with Crippen LogP contribution >= 0.6 is 0 Å². The van der Waals surface area contributed by atoms with Gasteiger partial charge in [0.25, 0.3) is 0 Å². The number of ether oxygens (including phenoxy) is 1. The van der Waals surface area contributed by atoms with Gasteiger partial charge in [-0.15, -0.1) is 0 Å². The third-order valence-electron chi connectivity index (χ3n) is 6.91. The number of para-hydroxylation sites is 1. The number of nitrogens with one attached hydrogen (secondary N) is 4. The van der Waals surface area contributed by atoms with Crippen molar-refractivity contribution in [2.24, 2.45) is 0 Å². The Labute approximate surface area is 271 Å². The van der Waals surface area contributed by atoms with Gasteiger partial charge in [-0.1, -0.05) is 53.6 Å². The van der Waals surface area contributed by atoms with E-state index in [-0.39, 0.29) is 42.5 Å². The average molecular weight is 666 g/mol. The normalized spacial score (nSPS) is 11.7. The number of nitrogens with zero attached hydrogens (tertiary/aromatic N) is 1. The number of rotatable bonds is 16. The van der Waals surface area contributed by atoms with E-state index in [9.17, 15) is 21.6 Å². The van der Waals surface area contributed by atoms with E-state index < -0.39 is 26.1 Å². The van der Waals surface area contributed by atoms with Crippen LogP contribution in [0.25, 0.3) is 0 Å². The molecule has 0 radical (unpaired) electrons. The van der Waals surface area contributed by atoms with E-state index in [2.05, 4.69) is 20.1 Å². The van der Waals surface area contributed by atoms with Crippen LogP contribution < -0.4 is 24.8 Å². The van der Waals surface area contributed by atoms with Gasteiger partial charge in [0.1, 0.15) is 11.5 Å². The number of hydrogen-bond donors (Lipinski definition) is 4. The topological polar surface area (TPSA) is 146 Å². The van der Waals surface area contributed by atoms with Crippen molar-refractivity contribution in [3.8, 4) is 11.5 Å². The molecule has 0 bridgehead atoms. The highest BCUT2D eigenvalue weighted by molar-refractivity contribution is 7.89. The van der Waals surface area contributed by atoms with Crippen LogP contribution in [-0.4, -0.2) is 67.0 Å². The van der Waals surface area contributed by atoms with Gasteiger partial charge in [0.15, 0.2) is 0 Å². The number of hydrogen-bond acceptors (Lipinski definition) is 7. The Morgan fingerprint density at radius 2 is 1.07 bits per heavy atom. The minimum atomic E-state index is -3.72. The molecular weight excluding hydrogens is 627 g/mol. The van der Waals surface area contributed by atoms with Crippen molar-refractivity contribution in [1.29, 1.82) is 0 Å². The van der Waals surface area contributed by atoms with Crippen LogP contribution in [0.15, 0.2) is 113 Å². The van der Waals surface area contributed by atoms with Crippen LogP contribution in [-0.2, 0) is 20.0 Å². The zero-order valence-electron chi connectivity index (χ0n) is 25.8. The molecule has 4 N–H and O–H groups in total. The fourth-order valence-corrected chi connectivity index (χ4v) is 6.39. The molecule has 0 aliphatic heterocycles. The predicted octanol–water partition coefficient (Wildman–Crippen LogP) is 4.48. The van der Waals surface area contributed by atoms with Crippen molar-refractivity contribution in [2.75, 3.05) is 44.6 Å². The summed E-state index contributed by atoms with van der Waals surface area (Å²) in [7, 11) is -7.44. The Balaban J connectivity index is 1.29. The second kappa shape index (κ2) is 16.3. The van der Waals surface area contributed by atoms with E-state index in [1.165, 1.54) is 0 Å². The number of anilines is 1. The third-order valence-corrected chi connectivity index (χ3v) is 9.86. The number of sulfonamides is 2. The highest BCUT2D eigenvalue weighted by Gasteiger charge is 2.16. The molecule has 13 heteroatoms. The smallest absolute Gasteiger partial charge is 0.319 e. The lowest BCUT2D eigenvalue weighted by atomic mass is 10.2. The maximum Gasteiger partial charge on any atom is 0.319 e. The van der Waals surface area contributed by atoms with Gasteiger partial charge in [0.05, 0.1) is 9.79 Å². The largest absolute Gasteiger partial charge is 0.457 e. The number of benzene rings is 4. The highest BCUT2D eigenvalue weighted by Crippen LogP contribution is 2.22. The van der Waals surface area contributed by atoms with Gasteiger partial charge >= 0.3 is 6.03 Å². The monoisotopic (exact) mass is 665 g/mol. The van der Waals surface area contributed by atoms with Gasteiger partial charge in [-0.2, -0.15) is 0 Å². The molecule has 0 unspecified atom stereocenters. The Morgan fingerprint density at radius 3 is 1.57 bits per heavy atom. The van der Waals surface area contributed by atoms with Crippen molar-refractivity contribution >= 4 is 31.8 Å². The Bertz CT molecular complexity index is 1690. The maximum absolute atomic E-state index is 12.7. The van der Waals surface area contributed by atoms with Crippen molar-refractivity contribution < 1.29 is 26.4 Å². The molecule has 244 valence electrons. The summed E-state index contributed by atoms with van der Waals surface area (Å²) < 4.78 is 62.0. The van der Waals surface area contributed by atoms with Crippen LogP contribution in [0, 0.1) is 13.8 Å². The quantitative estimate of drug-likeness (QED) is 0.138. The van der Waals surface area contributed by atoms with Crippen molar-refractivity contribution in [3.05, 3.63) is 114 Å². The molecule has 4 rings (SSSR count). The molecule has 0 fully saturated rings. The summed E-state index contributed by atoms with van der Waals surface area (Å²) in [6, 6.07) is 29.0. The predicted molar refractivity (Wildman–Crippen MR) is 179 cm³/mol. The van der Waals surface area contributed by atoms with E-state index in [0.717, 1.165) is 11.1 Å². The summed E-state index contributed by atoms with van der Waals surface area (Å²) in [5.41, 5.74) is 2.47. The molecule has 0 heterocycles. The summed E-state index contributed by atoms with van der Waals surface area (Å²) in [4.78, 5) is 14.8. The van der Waals surface area contributed by atoms with Crippen molar-refractivity contribution in [1.82, 2.24) is 19.7 Å². The molecule has 0 saturated heterocycles. The van der Waals surface area contributed by atoms with Crippen LogP contribution in [0.4, 0.5) is 10.5 Å². The summed E-state index contributed by atoms with van der Waals surface area (Å²) >= 11 is 0. The second-order valence-electron chi connectivity index (χ2n) is 10.6. The van der Waals surface area contributed by atoms with E-state index in [4.69, 9.17) is 4.74 Å². The minimum Gasteiger partial charge on any atom is -0.457 e. The SMILES string of the molecule is Cc1ccc(S(=O)(=O)NCCN(CCNC(=O)Nc2ccc(Oc3ccccc3)cc2)CCNS(=O)(=O)c2ccc(C)cc2)cc1. The lowest BCUT2D eigenvalue weighted by molar-refractivity contribution is 0.246. The van der Waals surface area contributed by atoms with Gasteiger partial charge in [0, 0.05) is 45.0 Å². The van der Waals surface area contributed by atoms with Gasteiger partial charge < -0.3 is 15.4 Å². The first-order valence-corrected chi connectivity index (χ1v) is 17.7. The molecule has 0 aromatic heterocycles. The molecule has 0 atom stereocenters. The average Bonchev–Trinajstić information content (AvgIpc) is 3.02.